The quantitative estimate of drug-likeness (QED) is 0.189. The van der Waals surface area contributed by atoms with Gasteiger partial charge < -0.3 is 0 Å². The fourth-order valence-corrected chi connectivity index (χ4v) is 7.69. The lowest BCUT2D eigenvalue weighted by Gasteiger charge is -2.58. The predicted octanol–water partition coefficient (Wildman–Crippen LogP) is 8.91. The normalized spacial score (nSPS) is 16.2. The highest BCUT2D eigenvalue weighted by Gasteiger charge is 2.65. The number of nitrogens with zero attached hydrogens (tertiary/aromatic N) is 2. The van der Waals surface area contributed by atoms with Crippen LogP contribution in [0.15, 0.2) is 121 Å². The predicted molar refractivity (Wildman–Crippen MR) is 154 cm³/mol. The van der Waals surface area contributed by atoms with Crippen LogP contribution in [-0.2, 0) is 0 Å². The van der Waals surface area contributed by atoms with Gasteiger partial charge in [-0.15, -0.1) is 0 Å². The Labute approximate surface area is 208 Å². The van der Waals surface area contributed by atoms with Gasteiger partial charge in [0.05, 0.1) is 31.6 Å². The van der Waals surface area contributed by atoms with Crippen LogP contribution in [0.25, 0.3) is 0 Å². The maximum atomic E-state index is 3.34. The van der Waals surface area contributed by atoms with Crippen LogP contribution < -0.4 is 8.51 Å². The third-order valence-corrected chi connectivity index (χ3v) is 9.78. The van der Waals surface area contributed by atoms with E-state index in [4.69, 9.17) is 0 Å². The van der Waals surface area contributed by atoms with Crippen LogP contribution in [0, 0.1) is 0 Å². The van der Waals surface area contributed by atoms with Gasteiger partial charge in [-0.3, -0.25) is 0 Å². The number of hydrogen-bond acceptors (Lipinski definition) is 0. The first-order chi connectivity index (χ1) is 16.6. The molecule has 0 aliphatic heterocycles. The van der Waals surface area contributed by atoms with Crippen molar-refractivity contribution in [1.82, 2.24) is 8.51 Å². The van der Waals surface area contributed by atoms with Crippen molar-refractivity contribution < 1.29 is 0 Å². The first-order valence-electron chi connectivity index (χ1n) is 12.2. The average Bonchev–Trinajstić information content (AvgIpc) is 2.94. The fraction of sp³-hybridized carbons (Fsp3) is 0.200. The molecule has 0 radical (unpaired) electrons. The molecule has 1 saturated carbocycles. The third kappa shape index (κ3) is 3.65. The number of benzene rings is 4. The summed E-state index contributed by atoms with van der Waals surface area (Å²) >= 11 is 0. The highest BCUT2D eigenvalue weighted by molar-refractivity contribution is 7.19. The number of hydrogen-bond donors (Lipinski definition) is 0. The van der Waals surface area contributed by atoms with Gasteiger partial charge in [0.25, 0.3) is 0 Å². The molecule has 172 valence electrons. The lowest BCUT2D eigenvalue weighted by atomic mass is 9.83. The maximum absolute atomic E-state index is 3.34. The molecule has 0 amide bonds. The van der Waals surface area contributed by atoms with Crippen LogP contribution in [0.1, 0.15) is 32.1 Å². The van der Waals surface area contributed by atoms with E-state index in [0.29, 0.717) is 8.51 Å². The average molecular weight is 485 g/mol. The van der Waals surface area contributed by atoms with Crippen molar-refractivity contribution in [2.24, 2.45) is 0 Å². The summed E-state index contributed by atoms with van der Waals surface area (Å²) in [6.07, 6.45) is 5.91. The molecule has 4 aromatic carbocycles. The van der Waals surface area contributed by atoms with Crippen LogP contribution in [0.5, 0.6) is 0 Å². The summed E-state index contributed by atoms with van der Waals surface area (Å²) in [6.45, 7) is 0. The molecule has 1 fully saturated rings. The Morgan fingerprint density at radius 1 is 0.412 bits per heavy atom. The Morgan fingerprint density at radius 3 is 0.941 bits per heavy atom. The zero-order valence-corrected chi connectivity index (χ0v) is 21.9. The van der Waals surface area contributed by atoms with Gasteiger partial charge in [-0.05, 0) is 61.4 Å². The molecule has 0 heterocycles. The first kappa shape index (κ1) is 23.4. The van der Waals surface area contributed by atoms with Crippen LogP contribution in [0.2, 0.25) is 0 Å². The molecular formula is C30H34N2P2+2. The number of para-hydroxylation sites is 4. The molecule has 0 N–H and O–H groups in total. The van der Waals surface area contributed by atoms with Gasteiger partial charge in [-0.2, -0.15) is 8.51 Å². The topological polar surface area (TPSA) is 0 Å². The summed E-state index contributed by atoms with van der Waals surface area (Å²) in [5.41, 5.74) is 4.96. The summed E-state index contributed by atoms with van der Waals surface area (Å²) in [5, 5.41) is 0. The Bertz CT molecular complexity index is 1020. The highest BCUT2D eigenvalue weighted by Crippen LogP contribution is 2.61. The van der Waals surface area contributed by atoms with Crippen LogP contribution in [-0.4, -0.2) is 5.66 Å². The van der Waals surface area contributed by atoms with Gasteiger partial charge in [0.2, 0.25) is 5.66 Å². The molecule has 2 atom stereocenters. The summed E-state index contributed by atoms with van der Waals surface area (Å²) < 4.78 is 1.31. The minimum Gasteiger partial charge on any atom is -0.198 e. The molecule has 4 aromatic rings. The van der Waals surface area contributed by atoms with Crippen molar-refractivity contribution in [1.29, 1.82) is 0 Å². The van der Waals surface area contributed by atoms with Crippen molar-refractivity contribution in [3.63, 3.8) is 0 Å². The Morgan fingerprint density at radius 2 is 0.676 bits per heavy atom. The van der Waals surface area contributed by atoms with Crippen LogP contribution in [0.4, 0.5) is 22.7 Å². The Balaban J connectivity index is 1.89. The van der Waals surface area contributed by atoms with Gasteiger partial charge >= 0.3 is 0 Å². The SMILES string of the molecule is P[N+](c1ccccc1)(c1ccccc1)C1([N+](P)(c2ccccc2)c2ccccc2)CCCCC1. The van der Waals surface area contributed by atoms with E-state index < -0.39 is 0 Å². The largest absolute Gasteiger partial charge is 0.245 e. The van der Waals surface area contributed by atoms with Gasteiger partial charge in [-0.1, -0.05) is 79.2 Å². The van der Waals surface area contributed by atoms with E-state index in [2.05, 4.69) is 140 Å². The van der Waals surface area contributed by atoms with Gasteiger partial charge in [0.1, 0.15) is 22.7 Å². The molecule has 5 rings (SSSR count). The van der Waals surface area contributed by atoms with E-state index >= 15 is 0 Å². The lowest BCUT2D eigenvalue weighted by Crippen LogP contribution is -2.71. The Kier molecular flexibility index (Phi) is 6.70. The monoisotopic (exact) mass is 484 g/mol. The summed E-state index contributed by atoms with van der Waals surface area (Å²) in [4.78, 5) is 0. The summed E-state index contributed by atoms with van der Waals surface area (Å²) in [5.74, 6) is 0. The van der Waals surface area contributed by atoms with Gasteiger partial charge in [-0.25, -0.2) is 0 Å². The molecule has 4 heteroatoms. The standard InChI is InChI=1S/C30H34N2P2/c33-31(26-16-6-1-7-17-26,27-18-8-2-9-19-27)30(24-14-5-15-25-30)32(34,28-20-10-3-11-21-28)29-22-12-4-13-23-29/h1-4,6-13,16-23H,5,14-15,24-25,33-34H2/q+2. The third-order valence-electron chi connectivity index (χ3n) is 7.62. The molecular weight excluding hydrogens is 450 g/mol. The van der Waals surface area contributed by atoms with Crippen LogP contribution in [0.3, 0.4) is 0 Å². The fourth-order valence-electron chi connectivity index (χ4n) is 5.98. The van der Waals surface area contributed by atoms with Crippen molar-refractivity contribution in [2.45, 2.75) is 37.8 Å². The van der Waals surface area contributed by atoms with Gasteiger partial charge in [0.15, 0.2) is 0 Å². The highest BCUT2D eigenvalue weighted by atomic mass is 31.0. The van der Waals surface area contributed by atoms with Gasteiger partial charge in [0, 0.05) is 0 Å². The molecule has 34 heavy (non-hydrogen) atoms. The van der Waals surface area contributed by atoms with E-state index in [-0.39, 0.29) is 5.66 Å². The zero-order valence-electron chi connectivity index (χ0n) is 19.6. The molecule has 0 saturated heterocycles. The van der Waals surface area contributed by atoms with Crippen molar-refractivity contribution in [3.8, 4) is 0 Å². The molecule has 0 aromatic heterocycles. The molecule has 0 bridgehead atoms. The van der Waals surface area contributed by atoms with Crippen molar-refractivity contribution in [3.05, 3.63) is 121 Å². The summed E-state index contributed by atoms with van der Waals surface area (Å²) in [6, 6.07) is 44.2. The summed E-state index contributed by atoms with van der Waals surface area (Å²) in [7, 11) is 6.68. The van der Waals surface area contributed by atoms with Crippen molar-refractivity contribution >= 4 is 41.5 Å². The second-order valence-electron chi connectivity index (χ2n) is 9.33. The molecule has 0 spiro atoms. The second-order valence-corrected chi connectivity index (χ2v) is 10.9. The van der Waals surface area contributed by atoms with Crippen LogP contribution >= 0.6 is 18.8 Å². The van der Waals surface area contributed by atoms with E-state index in [1.54, 1.807) is 0 Å². The molecule has 2 nitrogen and oxygen atoms in total. The Hall–Kier alpha value is -2.34. The van der Waals surface area contributed by atoms with E-state index in [1.165, 1.54) is 42.0 Å². The first-order valence-corrected chi connectivity index (χ1v) is 13.2. The molecule has 1 aliphatic rings. The lowest BCUT2D eigenvalue weighted by molar-refractivity contribution is 0.0967. The smallest absolute Gasteiger partial charge is 0.198 e. The van der Waals surface area contributed by atoms with E-state index in [1.807, 2.05) is 0 Å². The second kappa shape index (κ2) is 9.73. The maximum Gasteiger partial charge on any atom is 0.245 e. The molecule has 1 aliphatic carbocycles. The number of quaternary nitrogens is 2. The minimum absolute atomic E-state index is 0.195. The minimum atomic E-state index is -0.195. The zero-order chi connectivity index (χ0) is 23.5. The van der Waals surface area contributed by atoms with E-state index in [9.17, 15) is 0 Å². The van der Waals surface area contributed by atoms with E-state index in [0.717, 1.165) is 12.8 Å². The molecule has 2 unspecified atom stereocenters. The van der Waals surface area contributed by atoms with Crippen molar-refractivity contribution in [2.75, 3.05) is 0 Å². The number of rotatable bonds is 6.